The van der Waals surface area contributed by atoms with E-state index in [4.69, 9.17) is 9.47 Å². The lowest BCUT2D eigenvalue weighted by atomic mass is 9.47. The van der Waals surface area contributed by atoms with Gasteiger partial charge < -0.3 is 9.47 Å². The lowest BCUT2D eigenvalue weighted by molar-refractivity contribution is -0.152. The molecule has 0 aromatic heterocycles. The van der Waals surface area contributed by atoms with E-state index in [1.54, 1.807) is 12.5 Å². The summed E-state index contributed by atoms with van der Waals surface area (Å²) in [5.74, 6) is 3.64. The Bertz CT molecular complexity index is 785. The number of ether oxygens (including phenoxy) is 2. The van der Waals surface area contributed by atoms with Crippen LogP contribution in [0.25, 0.3) is 0 Å². The summed E-state index contributed by atoms with van der Waals surface area (Å²) in [6, 6.07) is 0. The average Bonchev–Trinajstić information content (AvgIpc) is 3.32. The van der Waals surface area contributed by atoms with Crippen LogP contribution in [0, 0.1) is 40.4 Å². The SMILES string of the molecule is CC(=O)O[C@H]1CC[C@@]2(C)[C@@H](CC=C3[C@@H]4CC[C@H]([C@H](C)CCCC(C)C)[C@@]4(C)C[C@H]4O[C@@]342)C1. The summed E-state index contributed by atoms with van der Waals surface area (Å²) in [7, 11) is 0. The summed E-state index contributed by atoms with van der Waals surface area (Å²) >= 11 is 0. The fraction of sp³-hybridized carbons (Fsp3) is 0.897. The number of hydrogen-bond donors (Lipinski definition) is 0. The number of fused-ring (bicyclic) bond motifs is 3. The van der Waals surface area contributed by atoms with E-state index in [9.17, 15) is 4.79 Å². The number of esters is 1. The second-order valence-corrected chi connectivity index (χ2v) is 13.1. The fourth-order valence-electron chi connectivity index (χ4n) is 9.28. The summed E-state index contributed by atoms with van der Waals surface area (Å²) < 4.78 is 12.5. The molecule has 32 heavy (non-hydrogen) atoms. The Kier molecular flexibility index (Phi) is 5.63. The zero-order chi connectivity index (χ0) is 22.9. The van der Waals surface area contributed by atoms with Crippen LogP contribution in [-0.2, 0) is 14.3 Å². The Balaban J connectivity index is 1.35. The molecule has 1 heterocycles. The van der Waals surface area contributed by atoms with E-state index in [0.29, 0.717) is 23.4 Å². The van der Waals surface area contributed by atoms with Gasteiger partial charge in [0.05, 0.1) is 6.10 Å². The largest absolute Gasteiger partial charge is 0.463 e. The highest BCUT2D eigenvalue weighted by atomic mass is 16.6. The molecule has 1 aliphatic heterocycles. The highest BCUT2D eigenvalue weighted by Crippen LogP contribution is 2.75. The van der Waals surface area contributed by atoms with Gasteiger partial charge >= 0.3 is 5.97 Å². The molecule has 9 atom stereocenters. The van der Waals surface area contributed by atoms with Crippen LogP contribution in [0.4, 0.5) is 0 Å². The van der Waals surface area contributed by atoms with Gasteiger partial charge in [-0.05, 0) is 85.5 Å². The van der Waals surface area contributed by atoms with Crippen LogP contribution >= 0.6 is 0 Å². The molecule has 4 aliphatic carbocycles. The Morgan fingerprint density at radius 3 is 2.69 bits per heavy atom. The molecular weight excluding hydrogens is 396 g/mol. The molecule has 0 radical (unpaired) electrons. The van der Waals surface area contributed by atoms with Gasteiger partial charge in [0.25, 0.3) is 0 Å². The van der Waals surface area contributed by atoms with Crippen LogP contribution in [0.3, 0.4) is 0 Å². The number of hydrogen-bond acceptors (Lipinski definition) is 3. The van der Waals surface area contributed by atoms with Crippen LogP contribution in [0.5, 0.6) is 0 Å². The first-order valence-electron chi connectivity index (χ1n) is 13.7. The molecule has 5 rings (SSSR count). The fourth-order valence-corrected chi connectivity index (χ4v) is 9.28. The van der Waals surface area contributed by atoms with E-state index in [-0.39, 0.29) is 23.1 Å². The zero-order valence-electron chi connectivity index (χ0n) is 21.4. The number of carbonyl (C=O) groups is 1. The maximum atomic E-state index is 11.5. The number of epoxide rings is 1. The minimum absolute atomic E-state index is 0.00292. The van der Waals surface area contributed by atoms with Crippen molar-refractivity contribution in [2.24, 2.45) is 40.4 Å². The first-order valence-corrected chi connectivity index (χ1v) is 13.7. The van der Waals surface area contributed by atoms with Crippen LogP contribution < -0.4 is 0 Å². The van der Waals surface area contributed by atoms with Gasteiger partial charge in [0.15, 0.2) is 0 Å². The van der Waals surface area contributed by atoms with Gasteiger partial charge in [-0.25, -0.2) is 0 Å². The topological polar surface area (TPSA) is 38.8 Å². The first kappa shape index (κ1) is 22.9. The molecule has 180 valence electrons. The number of rotatable bonds is 6. The van der Waals surface area contributed by atoms with E-state index in [1.807, 2.05) is 0 Å². The maximum Gasteiger partial charge on any atom is 0.302 e. The van der Waals surface area contributed by atoms with Gasteiger partial charge in [-0.1, -0.05) is 60.0 Å². The molecule has 4 fully saturated rings. The summed E-state index contributed by atoms with van der Waals surface area (Å²) in [5, 5.41) is 0. The van der Waals surface area contributed by atoms with E-state index in [0.717, 1.165) is 43.4 Å². The van der Waals surface area contributed by atoms with Gasteiger partial charge in [0, 0.05) is 12.3 Å². The molecule has 0 N–H and O–H groups in total. The van der Waals surface area contributed by atoms with E-state index in [1.165, 1.54) is 38.5 Å². The second-order valence-electron chi connectivity index (χ2n) is 13.1. The summed E-state index contributed by atoms with van der Waals surface area (Å²) in [6.45, 7) is 13.9. The Morgan fingerprint density at radius 1 is 1.19 bits per heavy atom. The molecule has 3 heteroatoms. The van der Waals surface area contributed by atoms with E-state index in [2.05, 4.69) is 40.7 Å². The van der Waals surface area contributed by atoms with Crippen LogP contribution in [0.2, 0.25) is 0 Å². The molecule has 0 aromatic rings. The monoisotopic (exact) mass is 442 g/mol. The van der Waals surface area contributed by atoms with Crippen molar-refractivity contribution < 1.29 is 14.3 Å². The van der Waals surface area contributed by atoms with Crippen molar-refractivity contribution in [1.29, 1.82) is 0 Å². The highest BCUT2D eigenvalue weighted by Gasteiger charge is 2.77. The van der Waals surface area contributed by atoms with Gasteiger partial charge in [-0.15, -0.1) is 0 Å². The van der Waals surface area contributed by atoms with E-state index >= 15 is 0 Å². The van der Waals surface area contributed by atoms with Crippen molar-refractivity contribution in [1.82, 2.24) is 0 Å². The second kappa shape index (κ2) is 7.85. The minimum atomic E-state index is -0.128. The molecule has 1 saturated heterocycles. The molecule has 5 aliphatic rings. The van der Waals surface area contributed by atoms with Crippen LogP contribution in [0.1, 0.15) is 106 Å². The van der Waals surface area contributed by atoms with Crippen LogP contribution in [-0.4, -0.2) is 23.8 Å². The molecule has 0 unspecified atom stereocenters. The van der Waals surface area contributed by atoms with Gasteiger partial charge in [-0.2, -0.15) is 0 Å². The smallest absolute Gasteiger partial charge is 0.302 e. The summed E-state index contributed by atoms with van der Waals surface area (Å²) in [4.78, 5) is 11.5. The predicted octanol–water partition coefficient (Wildman–Crippen LogP) is 7.09. The lowest BCUT2D eigenvalue weighted by Gasteiger charge is -2.56. The van der Waals surface area contributed by atoms with Crippen molar-refractivity contribution in [3.05, 3.63) is 11.6 Å². The minimum Gasteiger partial charge on any atom is -0.463 e. The standard InChI is InChI=1S/C29H46O3/c1-18(2)8-7-9-19(3)23-12-13-24-25-11-10-21-16-22(31-20(4)30)14-15-28(21,6)29(25)26(32-29)17-27(23,24)5/h11,18-19,21-24,26H,7-10,12-17H2,1-6H3/t19-,21+,22+,23-,24+,26-,27-,28+,29+/m1/s1. The van der Waals surface area contributed by atoms with Crippen molar-refractivity contribution in [2.45, 2.75) is 124 Å². The Hall–Kier alpha value is -0.830. The normalized spacial score (nSPS) is 47.6. The molecular formula is C29H46O3. The average molecular weight is 443 g/mol. The third kappa shape index (κ3) is 3.27. The summed E-state index contributed by atoms with van der Waals surface area (Å²) in [6.07, 6.45) is 15.5. The Labute approximate surface area is 196 Å². The van der Waals surface area contributed by atoms with Crippen molar-refractivity contribution >= 4 is 5.97 Å². The highest BCUT2D eigenvalue weighted by molar-refractivity contribution is 5.66. The van der Waals surface area contributed by atoms with Gasteiger partial charge in [-0.3, -0.25) is 4.79 Å². The number of allylic oxidation sites excluding steroid dienone is 1. The third-order valence-corrected chi connectivity index (χ3v) is 10.9. The molecule has 3 saturated carbocycles. The maximum absolute atomic E-state index is 11.5. The number of carbonyl (C=O) groups excluding carboxylic acids is 1. The molecule has 0 aromatic carbocycles. The van der Waals surface area contributed by atoms with Gasteiger partial charge in [0.2, 0.25) is 0 Å². The quantitative estimate of drug-likeness (QED) is 0.250. The lowest BCUT2D eigenvalue weighted by Crippen LogP contribution is -2.56. The zero-order valence-corrected chi connectivity index (χ0v) is 21.4. The molecule has 0 bridgehead atoms. The molecule has 3 nitrogen and oxygen atoms in total. The van der Waals surface area contributed by atoms with Crippen molar-refractivity contribution in [3.63, 3.8) is 0 Å². The first-order chi connectivity index (χ1) is 15.1. The van der Waals surface area contributed by atoms with Gasteiger partial charge in [0.1, 0.15) is 11.7 Å². The predicted molar refractivity (Wildman–Crippen MR) is 128 cm³/mol. The van der Waals surface area contributed by atoms with Crippen LogP contribution in [0.15, 0.2) is 11.6 Å². The van der Waals surface area contributed by atoms with E-state index < -0.39 is 0 Å². The third-order valence-electron chi connectivity index (χ3n) is 10.9. The van der Waals surface area contributed by atoms with Crippen molar-refractivity contribution in [2.75, 3.05) is 0 Å². The molecule has 1 spiro atoms. The molecule has 0 amide bonds. The summed E-state index contributed by atoms with van der Waals surface area (Å²) in [5.41, 5.74) is 2.31. The Morgan fingerprint density at radius 2 is 1.97 bits per heavy atom. The van der Waals surface area contributed by atoms with Crippen molar-refractivity contribution in [3.8, 4) is 0 Å².